The van der Waals surface area contributed by atoms with Crippen molar-refractivity contribution in [1.82, 2.24) is 10.2 Å². The van der Waals surface area contributed by atoms with Crippen molar-refractivity contribution >= 4 is 27.5 Å². The van der Waals surface area contributed by atoms with Gasteiger partial charge in [0.15, 0.2) is 0 Å². The van der Waals surface area contributed by atoms with E-state index >= 15 is 0 Å². The zero-order chi connectivity index (χ0) is 30.1. The first-order valence-electron chi connectivity index (χ1n) is 14.4. The Balaban J connectivity index is 1.70. The topological polar surface area (TPSA) is 96.0 Å². The number of amides is 2. The molecule has 224 valence electrons. The predicted octanol–water partition coefficient (Wildman–Crippen LogP) is 4.86. The first-order valence-corrected chi connectivity index (χ1v) is 16.3. The molecule has 0 saturated heterocycles. The SMILES string of the molecule is COc1ccc(N(CC(=O)N(Cc2ccc(C)cc2)[C@H](Cc2ccccc2)C(=O)NC2CCCCC2)S(C)(=O)=O)cc1. The van der Waals surface area contributed by atoms with Crippen LogP contribution < -0.4 is 14.4 Å². The average molecular weight is 592 g/mol. The van der Waals surface area contributed by atoms with Gasteiger partial charge in [-0.1, -0.05) is 79.4 Å². The number of carbonyl (C=O) groups is 2. The van der Waals surface area contributed by atoms with Crippen molar-refractivity contribution in [2.75, 3.05) is 24.2 Å². The highest BCUT2D eigenvalue weighted by Gasteiger charge is 2.34. The lowest BCUT2D eigenvalue weighted by Crippen LogP contribution is -2.55. The van der Waals surface area contributed by atoms with E-state index in [2.05, 4.69) is 5.32 Å². The molecule has 1 saturated carbocycles. The van der Waals surface area contributed by atoms with E-state index in [9.17, 15) is 18.0 Å². The lowest BCUT2D eigenvalue weighted by Gasteiger charge is -2.35. The molecule has 9 heteroatoms. The minimum absolute atomic E-state index is 0.0627. The number of aryl methyl sites for hydroxylation is 1. The minimum atomic E-state index is -3.83. The molecule has 0 radical (unpaired) electrons. The highest BCUT2D eigenvalue weighted by molar-refractivity contribution is 7.92. The second-order valence-corrected chi connectivity index (χ2v) is 12.9. The second-order valence-electron chi connectivity index (χ2n) is 11.0. The van der Waals surface area contributed by atoms with Crippen LogP contribution in [-0.4, -0.2) is 57.1 Å². The van der Waals surface area contributed by atoms with Crippen LogP contribution in [0.5, 0.6) is 5.75 Å². The summed E-state index contributed by atoms with van der Waals surface area (Å²) in [6.07, 6.45) is 6.48. The average Bonchev–Trinajstić information content (AvgIpc) is 2.99. The van der Waals surface area contributed by atoms with Crippen LogP contribution in [0.3, 0.4) is 0 Å². The van der Waals surface area contributed by atoms with E-state index < -0.39 is 28.5 Å². The van der Waals surface area contributed by atoms with Gasteiger partial charge in [-0.05, 0) is 55.2 Å². The third-order valence-electron chi connectivity index (χ3n) is 7.74. The fraction of sp³-hybridized carbons (Fsp3) is 0.394. The van der Waals surface area contributed by atoms with E-state index in [4.69, 9.17) is 4.74 Å². The molecular formula is C33H41N3O5S. The highest BCUT2D eigenvalue weighted by atomic mass is 32.2. The molecule has 0 spiro atoms. The van der Waals surface area contributed by atoms with Gasteiger partial charge in [0.2, 0.25) is 21.8 Å². The largest absolute Gasteiger partial charge is 0.497 e. The number of hydrogen-bond acceptors (Lipinski definition) is 5. The van der Waals surface area contributed by atoms with Gasteiger partial charge in [-0.2, -0.15) is 0 Å². The number of nitrogens with zero attached hydrogens (tertiary/aromatic N) is 2. The van der Waals surface area contributed by atoms with Crippen molar-refractivity contribution in [1.29, 1.82) is 0 Å². The third-order valence-corrected chi connectivity index (χ3v) is 8.88. The first kappa shape index (κ1) is 31.1. The number of sulfonamides is 1. The number of benzene rings is 3. The fourth-order valence-electron chi connectivity index (χ4n) is 5.35. The van der Waals surface area contributed by atoms with Crippen LogP contribution in [-0.2, 0) is 32.6 Å². The minimum Gasteiger partial charge on any atom is -0.497 e. The molecule has 1 fully saturated rings. The molecule has 0 aromatic heterocycles. The van der Waals surface area contributed by atoms with E-state index in [0.29, 0.717) is 17.9 Å². The number of rotatable bonds is 12. The molecule has 2 amide bonds. The molecule has 0 aliphatic heterocycles. The standard InChI is InChI=1S/C33H41N3O5S/c1-25-14-16-27(17-15-25)23-35(32(37)24-36(42(3,39)40)29-18-20-30(41-2)21-19-29)31(22-26-10-6-4-7-11-26)33(38)34-28-12-8-5-9-13-28/h4,6-7,10-11,14-21,28,31H,5,8-9,12-13,22-24H2,1-3H3,(H,34,38)/t31-/m1/s1. The first-order chi connectivity index (χ1) is 20.1. The quantitative estimate of drug-likeness (QED) is 0.325. The molecule has 3 aromatic carbocycles. The van der Waals surface area contributed by atoms with E-state index in [-0.39, 0.29) is 18.5 Å². The van der Waals surface area contributed by atoms with Gasteiger partial charge in [-0.25, -0.2) is 8.42 Å². The van der Waals surface area contributed by atoms with Crippen molar-refractivity contribution in [2.45, 2.75) is 64.1 Å². The van der Waals surface area contributed by atoms with E-state index in [1.165, 1.54) is 12.0 Å². The van der Waals surface area contributed by atoms with Gasteiger partial charge in [0.25, 0.3) is 0 Å². The molecule has 8 nitrogen and oxygen atoms in total. The summed E-state index contributed by atoms with van der Waals surface area (Å²) in [6.45, 7) is 1.70. The third kappa shape index (κ3) is 8.58. The Bertz CT molecular complexity index is 1420. The summed E-state index contributed by atoms with van der Waals surface area (Å²) < 4.78 is 32.2. The number of hydrogen-bond donors (Lipinski definition) is 1. The van der Waals surface area contributed by atoms with Crippen molar-refractivity contribution in [2.24, 2.45) is 0 Å². The van der Waals surface area contributed by atoms with Crippen molar-refractivity contribution in [3.63, 3.8) is 0 Å². The fourth-order valence-corrected chi connectivity index (χ4v) is 6.20. The summed E-state index contributed by atoms with van der Waals surface area (Å²) >= 11 is 0. The van der Waals surface area contributed by atoms with Gasteiger partial charge in [-0.3, -0.25) is 13.9 Å². The Labute approximate surface area is 249 Å². The number of nitrogens with one attached hydrogen (secondary N) is 1. The maximum atomic E-state index is 14.2. The summed E-state index contributed by atoms with van der Waals surface area (Å²) in [5.74, 6) is -0.111. The van der Waals surface area contributed by atoms with Crippen LogP contribution in [0.1, 0.15) is 48.8 Å². The molecular weight excluding hydrogens is 550 g/mol. The van der Waals surface area contributed by atoms with Gasteiger partial charge in [0.1, 0.15) is 18.3 Å². The van der Waals surface area contributed by atoms with Crippen LogP contribution in [0.2, 0.25) is 0 Å². The predicted molar refractivity (Wildman–Crippen MR) is 166 cm³/mol. The Morgan fingerprint density at radius 1 is 0.905 bits per heavy atom. The Kier molecular flexibility index (Phi) is 10.6. The Hall–Kier alpha value is -3.85. The van der Waals surface area contributed by atoms with Crippen LogP contribution in [0.15, 0.2) is 78.9 Å². The van der Waals surface area contributed by atoms with Crippen molar-refractivity contribution < 1.29 is 22.7 Å². The number of methoxy groups -OCH3 is 1. The second kappa shape index (κ2) is 14.4. The van der Waals surface area contributed by atoms with Crippen molar-refractivity contribution in [3.8, 4) is 5.75 Å². The molecule has 1 atom stereocenters. The summed E-state index contributed by atoms with van der Waals surface area (Å²) in [6, 6.07) is 23.2. The maximum absolute atomic E-state index is 14.2. The molecule has 3 aromatic rings. The molecule has 4 rings (SSSR count). The molecule has 42 heavy (non-hydrogen) atoms. The van der Waals surface area contributed by atoms with Crippen molar-refractivity contribution in [3.05, 3.63) is 95.6 Å². The number of anilines is 1. The molecule has 1 N–H and O–H groups in total. The maximum Gasteiger partial charge on any atom is 0.244 e. The van der Waals surface area contributed by atoms with Crippen LogP contribution >= 0.6 is 0 Å². The van der Waals surface area contributed by atoms with Gasteiger partial charge < -0.3 is 15.0 Å². The lowest BCUT2D eigenvalue weighted by molar-refractivity contribution is -0.140. The van der Waals surface area contributed by atoms with Gasteiger partial charge in [-0.15, -0.1) is 0 Å². The Morgan fingerprint density at radius 3 is 2.14 bits per heavy atom. The van der Waals surface area contributed by atoms with Gasteiger partial charge in [0, 0.05) is 19.0 Å². The number of carbonyl (C=O) groups excluding carboxylic acids is 2. The molecule has 1 aliphatic carbocycles. The lowest BCUT2D eigenvalue weighted by atomic mass is 9.94. The summed E-state index contributed by atoms with van der Waals surface area (Å²) in [5.41, 5.74) is 3.19. The van der Waals surface area contributed by atoms with Gasteiger partial charge >= 0.3 is 0 Å². The number of ether oxygens (including phenoxy) is 1. The van der Waals surface area contributed by atoms with Crippen LogP contribution in [0.25, 0.3) is 0 Å². The monoisotopic (exact) mass is 591 g/mol. The Morgan fingerprint density at radius 2 is 1.55 bits per heavy atom. The zero-order valence-electron chi connectivity index (χ0n) is 24.7. The van der Waals surface area contributed by atoms with Crippen LogP contribution in [0.4, 0.5) is 5.69 Å². The summed E-state index contributed by atoms with van der Waals surface area (Å²) in [7, 11) is -2.30. The van der Waals surface area contributed by atoms with E-state index in [1.807, 2.05) is 61.5 Å². The van der Waals surface area contributed by atoms with E-state index in [1.54, 1.807) is 24.3 Å². The van der Waals surface area contributed by atoms with Gasteiger partial charge in [0.05, 0.1) is 19.1 Å². The smallest absolute Gasteiger partial charge is 0.244 e. The van der Waals surface area contributed by atoms with E-state index in [0.717, 1.165) is 59.4 Å². The molecule has 0 bridgehead atoms. The highest BCUT2D eigenvalue weighted by Crippen LogP contribution is 2.24. The summed E-state index contributed by atoms with van der Waals surface area (Å²) in [4.78, 5) is 29.7. The zero-order valence-corrected chi connectivity index (χ0v) is 25.5. The summed E-state index contributed by atoms with van der Waals surface area (Å²) in [5, 5.41) is 3.22. The normalized spacial score (nSPS) is 14.5. The molecule has 0 heterocycles. The molecule has 1 aliphatic rings. The molecule has 0 unspecified atom stereocenters. The van der Waals surface area contributed by atoms with Crippen LogP contribution in [0, 0.1) is 6.92 Å².